The minimum atomic E-state index is -0.184. The van der Waals surface area contributed by atoms with E-state index in [0.29, 0.717) is 34.5 Å². The molecule has 0 fully saturated rings. The summed E-state index contributed by atoms with van der Waals surface area (Å²) in [5.74, 6) is 1.59. The van der Waals surface area contributed by atoms with Crippen LogP contribution in [0.5, 0.6) is 5.75 Å². The molecule has 2 amide bonds. The first kappa shape index (κ1) is 25.8. The molecule has 0 saturated heterocycles. The number of benzene rings is 2. The van der Waals surface area contributed by atoms with Crippen molar-refractivity contribution in [3.05, 3.63) is 58.5 Å². The Kier molecular flexibility index (Phi) is 9.19. The molecule has 3 rings (SSSR count). The van der Waals surface area contributed by atoms with Crippen LogP contribution in [-0.4, -0.2) is 50.0 Å². The number of amides is 2. The van der Waals surface area contributed by atoms with Crippen LogP contribution in [0.2, 0.25) is 0 Å². The fraction of sp³-hybridized carbons (Fsp3) is 0.407. The summed E-state index contributed by atoms with van der Waals surface area (Å²) in [5.41, 5.74) is 2.09. The number of nitrogens with one attached hydrogen (secondary N) is 2. The van der Waals surface area contributed by atoms with E-state index in [-0.39, 0.29) is 11.8 Å². The minimum Gasteiger partial charge on any atom is -0.497 e. The fourth-order valence-corrected chi connectivity index (χ4v) is 4.84. The Hall–Kier alpha value is -2.77. The highest BCUT2D eigenvalue weighted by Gasteiger charge is 2.22. The lowest BCUT2D eigenvalue weighted by Gasteiger charge is -2.26. The molecule has 0 radical (unpaired) electrons. The van der Waals surface area contributed by atoms with Crippen molar-refractivity contribution < 1.29 is 14.3 Å². The lowest BCUT2D eigenvalue weighted by molar-refractivity contribution is -0.112. The average molecular weight is 482 g/mol. The second kappa shape index (κ2) is 12.1. The molecule has 1 aliphatic rings. The summed E-state index contributed by atoms with van der Waals surface area (Å²) in [7, 11) is 1.62. The van der Waals surface area contributed by atoms with Crippen molar-refractivity contribution in [1.82, 2.24) is 10.2 Å². The molecule has 2 aromatic carbocycles. The monoisotopic (exact) mass is 481 g/mol. The molecule has 1 aliphatic heterocycles. The number of anilines is 1. The Balaban J connectivity index is 1.63. The van der Waals surface area contributed by atoms with Crippen LogP contribution in [0.3, 0.4) is 0 Å². The Morgan fingerprint density at radius 1 is 1.12 bits per heavy atom. The van der Waals surface area contributed by atoms with Crippen molar-refractivity contribution in [2.45, 2.75) is 32.6 Å². The predicted octanol–water partition coefficient (Wildman–Crippen LogP) is 5.12. The van der Waals surface area contributed by atoms with Crippen LogP contribution in [-0.2, 0) is 4.79 Å². The van der Waals surface area contributed by atoms with E-state index in [2.05, 4.69) is 43.2 Å². The Bertz CT molecular complexity index is 1040. The largest absolute Gasteiger partial charge is 0.497 e. The number of methoxy groups -OCH3 is 1. The first-order valence-corrected chi connectivity index (χ1v) is 12.6. The minimum absolute atomic E-state index is 0.131. The third-order valence-corrected chi connectivity index (χ3v) is 6.38. The van der Waals surface area contributed by atoms with Crippen molar-refractivity contribution in [1.29, 1.82) is 0 Å². The van der Waals surface area contributed by atoms with E-state index in [4.69, 9.17) is 4.74 Å². The van der Waals surface area contributed by atoms with Gasteiger partial charge in [-0.2, -0.15) is 0 Å². The van der Waals surface area contributed by atoms with Gasteiger partial charge in [-0.25, -0.2) is 0 Å². The third-order valence-electron chi connectivity index (χ3n) is 5.29. The number of hydrogen-bond acceptors (Lipinski definition) is 5. The maximum absolute atomic E-state index is 12.7. The third kappa shape index (κ3) is 7.37. The lowest BCUT2D eigenvalue weighted by atomic mass is 10.1. The molecule has 0 aromatic heterocycles. The van der Waals surface area contributed by atoms with Gasteiger partial charge in [0.1, 0.15) is 5.75 Å². The van der Waals surface area contributed by atoms with Gasteiger partial charge in [-0.15, -0.1) is 0 Å². The second-order valence-electron chi connectivity index (χ2n) is 9.36. The van der Waals surface area contributed by atoms with Gasteiger partial charge < -0.3 is 20.3 Å². The Labute approximate surface area is 207 Å². The molecular formula is C27H35N3O3S. The zero-order valence-corrected chi connectivity index (χ0v) is 21.5. The first-order valence-electron chi connectivity index (χ1n) is 11.7. The summed E-state index contributed by atoms with van der Waals surface area (Å²) in [6.07, 6.45) is 1.84. The molecule has 0 unspecified atom stereocenters. The quantitative estimate of drug-likeness (QED) is 0.461. The number of ether oxygens (including phenoxy) is 1. The molecule has 2 N–H and O–H groups in total. The van der Waals surface area contributed by atoms with Gasteiger partial charge in [0.25, 0.3) is 11.8 Å². The molecule has 6 nitrogen and oxygen atoms in total. The summed E-state index contributed by atoms with van der Waals surface area (Å²) >= 11 is 1.40. The molecule has 1 heterocycles. The molecule has 0 atom stereocenters. The van der Waals surface area contributed by atoms with Gasteiger partial charge in [0.2, 0.25) is 0 Å². The summed E-state index contributed by atoms with van der Waals surface area (Å²) in [6, 6.07) is 13.0. The van der Waals surface area contributed by atoms with Crippen LogP contribution in [0.25, 0.3) is 6.08 Å². The van der Waals surface area contributed by atoms with Crippen LogP contribution in [0.1, 0.15) is 43.6 Å². The number of fused-ring (bicyclic) bond motifs is 1. The van der Waals surface area contributed by atoms with Gasteiger partial charge in [0.15, 0.2) is 0 Å². The van der Waals surface area contributed by atoms with Gasteiger partial charge in [0.05, 0.1) is 17.7 Å². The normalized spacial score (nSPS) is 14.5. The number of nitrogens with zero attached hydrogens (tertiary/aromatic N) is 1. The summed E-state index contributed by atoms with van der Waals surface area (Å²) in [4.78, 5) is 29.3. The molecule has 2 aromatic rings. The maximum Gasteiger partial charge on any atom is 0.262 e. The number of carbonyl (C=O) groups excluding carboxylic acids is 2. The zero-order chi connectivity index (χ0) is 24.7. The standard InChI is InChI=1S/C27H35N3O3S/c1-18(2)16-30(17-19(3)4)12-11-28-26(31)21-9-10-24-23(15-21)29-27(32)25(34-24)14-20-7-6-8-22(13-20)33-5/h6-10,13-15,18-19H,11-12,16-17H2,1-5H3,(H,28,31)(H,29,32)/b25-14+. The van der Waals surface area contributed by atoms with Gasteiger partial charge >= 0.3 is 0 Å². The van der Waals surface area contributed by atoms with Crippen LogP contribution in [0.4, 0.5) is 5.69 Å². The zero-order valence-electron chi connectivity index (χ0n) is 20.7. The topological polar surface area (TPSA) is 70.7 Å². The molecule has 0 saturated carbocycles. The van der Waals surface area contributed by atoms with E-state index in [9.17, 15) is 9.59 Å². The lowest BCUT2D eigenvalue weighted by Crippen LogP contribution is -2.38. The summed E-state index contributed by atoms with van der Waals surface area (Å²) in [5, 5.41) is 5.95. The molecule has 182 valence electrons. The van der Waals surface area contributed by atoms with E-state index in [0.717, 1.165) is 35.8 Å². The highest BCUT2D eigenvalue weighted by Crippen LogP contribution is 2.39. The van der Waals surface area contributed by atoms with Crippen LogP contribution < -0.4 is 15.4 Å². The van der Waals surface area contributed by atoms with Crippen molar-refractivity contribution in [2.24, 2.45) is 11.8 Å². The van der Waals surface area contributed by atoms with Crippen molar-refractivity contribution in [2.75, 3.05) is 38.6 Å². The predicted molar refractivity (Wildman–Crippen MR) is 140 cm³/mol. The first-order chi connectivity index (χ1) is 16.2. The highest BCUT2D eigenvalue weighted by molar-refractivity contribution is 8.04. The average Bonchev–Trinajstić information content (AvgIpc) is 2.78. The molecule has 0 spiro atoms. The van der Waals surface area contributed by atoms with E-state index in [1.165, 1.54) is 11.8 Å². The van der Waals surface area contributed by atoms with E-state index in [1.54, 1.807) is 13.2 Å². The van der Waals surface area contributed by atoms with Crippen molar-refractivity contribution in [3.63, 3.8) is 0 Å². The van der Waals surface area contributed by atoms with Gasteiger partial charge in [-0.1, -0.05) is 51.6 Å². The van der Waals surface area contributed by atoms with Gasteiger partial charge in [-0.3, -0.25) is 9.59 Å². The molecule has 34 heavy (non-hydrogen) atoms. The van der Waals surface area contributed by atoms with Crippen molar-refractivity contribution in [3.8, 4) is 5.75 Å². The molecule has 0 bridgehead atoms. The van der Waals surface area contributed by atoms with Gasteiger partial charge in [0, 0.05) is 36.6 Å². The Morgan fingerprint density at radius 2 is 1.85 bits per heavy atom. The van der Waals surface area contributed by atoms with Crippen molar-refractivity contribution >= 4 is 35.3 Å². The molecule has 7 heteroatoms. The van der Waals surface area contributed by atoms with E-state index >= 15 is 0 Å². The number of carbonyl (C=O) groups is 2. The summed E-state index contributed by atoms with van der Waals surface area (Å²) < 4.78 is 5.26. The highest BCUT2D eigenvalue weighted by atomic mass is 32.2. The smallest absolute Gasteiger partial charge is 0.262 e. The van der Waals surface area contributed by atoms with Gasteiger partial charge in [-0.05, 0) is 53.8 Å². The van der Waals surface area contributed by atoms with Crippen LogP contribution in [0.15, 0.2) is 52.3 Å². The molecule has 0 aliphatic carbocycles. The Morgan fingerprint density at radius 3 is 2.53 bits per heavy atom. The number of thioether (sulfide) groups is 1. The molecular weight excluding hydrogens is 446 g/mol. The summed E-state index contributed by atoms with van der Waals surface area (Å²) in [6.45, 7) is 12.3. The fourth-order valence-electron chi connectivity index (χ4n) is 3.90. The number of hydrogen-bond donors (Lipinski definition) is 2. The van der Waals surface area contributed by atoms with Crippen LogP contribution >= 0.6 is 11.8 Å². The van der Waals surface area contributed by atoms with Crippen LogP contribution in [0, 0.1) is 11.8 Å². The number of rotatable bonds is 10. The van der Waals surface area contributed by atoms with E-state index in [1.807, 2.05) is 42.5 Å². The second-order valence-corrected chi connectivity index (χ2v) is 10.4. The SMILES string of the molecule is COc1cccc(/C=C2/Sc3ccc(C(=O)NCCN(CC(C)C)CC(C)C)cc3NC2=O)c1. The maximum atomic E-state index is 12.7. The van der Waals surface area contributed by atoms with E-state index < -0.39 is 0 Å².